The second kappa shape index (κ2) is 10.1. The predicted molar refractivity (Wildman–Crippen MR) is 123 cm³/mol. The maximum absolute atomic E-state index is 13.7. The van der Waals surface area contributed by atoms with Crippen molar-refractivity contribution in [2.24, 2.45) is 0 Å². The Morgan fingerprint density at radius 1 is 1.12 bits per heavy atom. The summed E-state index contributed by atoms with van der Waals surface area (Å²) < 4.78 is 15.0. The smallest absolute Gasteiger partial charge is 0.272 e. The van der Waals surface area contributed by atoms with Gasteiger partial charge in [0.25, 0.3) is 5.91 Å². The van der Waals surface area contributed by atoms with E-state index in [1.807, 2.05) is 6.07 Å². The summed E-state index contributed by atoms with van der Waals surface area (Å²) in [5, 5.41) is 14.3. The molecule has 0 saturated heterocycles. The Hall–Kier alpha value is -4.02. The van der Waals surface area contributed by atoms with Crippen LogP contribution in [-0.2, 0) is 6.54 Å². The highest BCUT2D eigenvalue weighted by molar-refractivity contribution is 6.30. The molecule has 0 aliphatic carbocycles. The molecule has 4 aromatic rings. The van der Waals surface area contributed by atoms with Crippen LogP contribution >= 0.6 is 11.6 Å². The first-order valence-electron chi connectivity index (χ1n) is 10.2. The zero-order valence-corrected chi connectivity index (χ0v) is 18.3. The Labute approximate surface area is 195 Å². The van der Waals surface area contributed by atoms with Crippen LogP contribution in [0.15, 0.2) is 79.1 Å². The molecule has 0 unspecified atom stereocenters. The number of halogens is 2. The van der Waals surface area contributed by atoms with Crippen molar-refractivity contribution < 1.29 is 9.18 Å². The van der Waals surface area contributed by atoms with E-state index in [9.17, 15) is 9.18 Å². The summed E-state index contributed by atoms with van der Waals surface area (Å²) in [7, 11) is 0. The average Bonchev–Trinajstić information content (AvgIpc) is 3.28. The van der Waals surface area contributed by atoms with Gasteiger partial charge in [0, 0.05) is 36.1 Å². The molecule has 164 valence electrons. The van der Waals surface area contributed by atoms with E-state index in [2.05, 4.69) is 16.2 Å². The van der Waals surface area contributed by atoms with Crippen molar-refractivity contribution in [3.63, 3.8) is 0 Å². The molecule has 0 radical (unpaired) electrons. The summed E-state index contributed by atoms with van der Waals surface area (Å²) in [5.41, 5.74) is 3.01. The number of nitrogens with zero attached hydrogens (tertiary/aromatic N) is 5. The first-order chi connectivity index (χ1) is 16.0. The van der Waals surface area contributed by atoms with Gasteiger partial charge in [0.1, 0.15) is 11.5 Å². The number of aromatic nitrogens is 3. The van der Waals surface area contributed by atoms with Gasteiger partial charge in [-0.3, -0.25) is 9.78 Å². The van der Waals surface area contributed by atoms with Crippen molar-refractivity contribution in [2.75, 3.05) is 6.54 Å². The van der Waals surface area contributed by atoms with E-state index in [1.54, 1.807) is 70.5 Å². The van der Waals surface area contributed by atoms with Crippen LogP contribution in [0.5, 0.6) is 0 Å². The fourth-order valence-corrected chi connectivity index (χ4v) is 3.51. The van der Waals surface area contributed by atoms with Gasteiger partial charge in [0.15, 0.2) is 0 Å². The van der Waals surface area contributed by atoms with Gasteiger partial charge in [-0.25, -0.2) is 9.07 Å². The van der Waals surface area contributed by atoms with E-state index in [0.717, 1.165) is 5.56 Å². The van der Waals surface area contributed by atoms with Crippen LogP contribution in [0.1, 0.15) is 22.5 Å². The molecule has 6 nitrogen and oxygen atoms in total. The first-order valence-corrected chi connectivity index (χ1v) is 10.6. The molecule has 2 aromatic carbocycles. The molecule has 0 N–H and O–H groups in total. The van der Waals surface area contributed by atoms with Gasteiger partial charge in [-0.05, 0) is 66.2 Å². The van der Waals surface area contributed by atoms with Crippen LogP contribution in [-0.4, -0.2) is 32.1 Å². The van der Waals surface area contributed by atoms with E-state index in [1.165, 1.54) is 12.1 Å². The van der Waals surface area contributed by atoms with Crippen LogP contribution in [0.25, 0.3) is 16.9 Å². The minimum absolute atomic E-state index is 0.186. The van der Waals surface area contributed by atoms with Crippen molar-refractivity contribution in [1.82, 2.24) is 19.7 Å². The molecule has 2 aromatic heterocycles. The normalized spacial score (nSPS) is 10.6. The number of nitriles is 1. The molecule has 2 heterocycles. The fraction of sp³-hybridized carbons (Fsp3) is 0.120. The summed E-state index contributed by atoms with van der Waals surface area (Å²) in [5.74, 6) is -0.642. The van der Waals surface area contributed by atoms with Crippen LogP contribution in [0.2, 0.25) is 5.02 Å². The van der Waals surface area contributed by atoms with Gasteiger partial charge in [-0.2, -0.15) is 10.4 Å². The number of hydrogen-bond acceptors (Lipinski definition) is 4. The summed E-state index contributed by atoms with van der Waals surface area (Å²) in [4.78, 5) is 19.4. The summed E-state index contributed by atoms with van der Waals surface area (Å²) in [6.45, 7) is 0.550. The Morgan fingerprint density at radius 2 is 1.88 bits per heavy atom. The fourth-order valence-electron chi connectivity index (χ4n) is 3.39. The van der Waals surface area contributed by atoms with Crippen molar-refractivity contribution in [2.45, 2.75) is 13.0 Å². The number of hydrogen-bond donors (Lipinski definition) is 0. The van der Waals surface area contributed by atoms with Gasteiger partial charge in [0.05, 0.1) is 23.9 Å². The quantitative estimate of drug-likeness (QED) is 0.376. The predicted octanol–water partition coefficient (Wildman–Crippen LogP) is 5.28. The van der Waals surface area contributed by atoms with Gasteiger partial charge >= 0.3 is 0 Å². The Balaban J connectivity index is 1.77. The second-order valence-electron chi connectivity index (χ2n) is 7.31. The highest BCUT2D eigenvalue weighted by atomic mass is 35.5. The minimum atomic E-state index is -0.355. The Bertz CT molecular complexity index is 1280. The lowest BCUT2D eigenvalue weighted by molar-refractivity contribution is 0.0737. The third kappa shape index (κ3) is 5.25. The monoisotopic (exact) mass is 459 g/mol. The zero-order valence-electron chi connectivity index (χ0n) is 17.5. The highest BCUT2D eigenvalue weighted by Crippen LogP contribution is 2.24. The third-order valence-electron chi connectivity index (χ3n) is 5.02. The van der Waals surface area contributed by atoms with E-state index >= 15 is 0 Å². The molecule has 33 heavy (non-hydrogen) atoms. The lowest BCUT2D eigenvalue weighted by Crippen LogP contribution is -2.33. The number of carbonyl (C=O) groups excluding carboxylic acids is 1. The molecule has 0 atom stereocenters. The van der Waals surface area contributed by atoms with E-state index in [0.29, 0.717) is 34.2 Å². The molecule has 0 spiro atoms. The number of carbonyl (C=O) groups is 1. The van der Waals surface area contributed by atoms with Crippen LogP contribution in [0.4, 0.5) is 4.39 Å². The molecule has 0 aliphatic rings. The van der Waals surface area contributed by atoms with Crippen LogP contribution < -0.4 is 0 Å². The third-order valence-corrected chi connectivity index (χ3v) is 5.27. The maximum Gasteiger partial charge on any atom is 0.272 e. The van der Waals surface area contributed by atoms with Crippen LogP contribution in [0, 0.1) is 17.1 Å². The van der Waals surface area contributed by atoms with Gasteiger partial charge in [-0.15, -0.1) is 0 Å². The highest BCUT2D eigenvalue weighted by Gasteiger charge is 2.23. The van der Waals surface area contributed by atoms with Crippen LogP contribution in [0.3, 0.4) is 0 Å². The second-order valence-corrected chi connectivity index (χ2v) is 7.74. The zero-order chi connectivity index (χ0) is 23.2. The minimum Gasteiger partial charge on any atom is -0.332 e. The summed E-state index contributed by atoms with van der Waals surface area (Å²) in [6.07, 6.45) is 3.54. The van der Waals surface area contributed by atoms with Gasteiger partial charge < -0.3 is 4.90 Å². The van der Waals surface area contributed by atoms with Crippen molar-refractivity contribution in [1.29, 1.82) is 5.26 Å². The molecular formula is C25H19ClFN5O. The molecule has 1 amide bonds. The first kappa shape index (κ1) is 22.2. The standard InChI is InChI=1S/C25H19ClFN5O/c26-20-6-10-22(11-7-20)32-24(15-23(30-32)19-4-8-21(27)9-5-19)25(33)31(14-2-12-28)17-18-3-1-13-29-16-18/h1,3-11,13,15-16H,2,14,17H2. The maximum atomic E-state index is 13.7. The topological polar surface area (TPSA) is 74.8 Å². The molecule has 0 fully saturated rings. The molecule has 0 saturated carbocycles. The summed E-state index contributed by atoms with van der Waals surface area (Å²) in [6, 6.07) is 20.3. The lowest BCUT2D eigenvalue weighted by Gasteiger charge is -2.22. The number of benzene rings is 2. The summed E-state index contributed by atoms with van der Waals surface area (Å²) >= 11 is 6.04. The molecule has 0 bridgehead atoms. The molecule has 4 rings (SSSR count). The van der Waals surface area contributed by atoms with Gasteiger partial charge in [0.2, 0.25) is 0 Å². The molecule has 0 aliphatic heterocycles. The van der Waals surface area contributed by atoms with E-state index in [-0.39, 0.29) is 24.7 Å². The largest absolute Gasteiger partial charge is 0.332 e. The molecular weight excluding hydrogens is 441 g/mol. The number of amides is 1. The van der Waals surface area contributed by atoms with Gasteiger partial charge in [-0.1, -0.05) is 17.7 Å². The van der Waals surface area contributed by atoms with E-state index < -0.39 is 0 Å². The Kier molecular flexibility index (Phi) is 6.77. The molecule has 8 heteroatoms. The number of pyridine rings is 1. The van der Waals surface area contributed by atoms with Crippen molar-refractivity contribution in [3.8, 4) is 23.0 Å². The lowest BCUT2D eigenvalue weighted by atomic mass is 10.1. The van der Waals surface area contributed by atoms with E-state index in [4.69, 9.17) is 16.9 Å². The average molecular weight is 460 g/mol. The van der Waals surface area contributed by atoms with Crippen molar-refractivity contribution >= 4 is 17.5 Å². The Morgan fingerprint density at radius 3 is 2.55 bits per heavy atom. The van der Waals surface area contributed by atoms with Crippen molar-refractivity contribution in [3.05, 3.63) is 101 Å². The SMILES string of the molecule is N#CCCN(Cc1cccnc1)C(=O)c1cc(-c2ccc(F)cc2)nn1-c1ccc(Cl)cc1. The number of rotatable bonds is 7.